The summed E-state index contributed by atoms with van der Waals surface area (Å²) in [7, 11) is 0. The molecule has 2 rings (SSSR count). The molecule has 5 nitrogen and oxygen atoms in total. The lowest BCUT2D eigenvalue weighted by atomic mass is 9.88. The standard InChI is InChI=1S/C14H18N2O3/c1-13(2,10-5-3-4-8-15-10)9-16-11(17)14(6-7-14)12(18)19/h3-5,8H,6-7,9H2,1-2H3,(H,16,17)(H,18,19). The van der Waals surface area contributed by atoms with Gasteiger partial charge in [-0.1, -0.05) is 19.9 Å². The Labute approximate surface area is 112 Å². The highest BCUT2D eigenvalue weighted by atomic mass is 16.4. The molecule has 0 aromatic carbocycles. The Balaban J connectivity index is 1.99. The molecule has 0 radical (unpaired) electrons. The highest BCUT2D eigenvalue weighted by Gasteiger charge is 2.57. The molecule has 19 heavy (non-hydrogen) atoms. The first-order valence-corrected chi connectivity index (χ1v) is 6.32. The average Bonchev–Trinajstić information content (AvgIpc) is 3.18. The van der Waals surface area contributed by atoms with Gasteiger partial charge in [0.2, 0.25) is 5.91 Å². The van der Waals surface area contributed by atoms with Gasteiger partial charge in [-0.15, -0.1) is 0 Å². The van der Waals surface area contributed by atoms with E-state index in [9.17, 15) is 9.59 Å². The summed E-state index contributed by atoms with van der Waals surface area (Å²) >= 11 is 0. The molecule has 1 aliphatic rings. The SMILES string of the molecule is CC(C)(CNC(=O)C1(C(=O)O)CC1)c1ccccn1. The van der Waals surface area contributed by atoms with Crippen LogP contribution in [0.2, 0.25) is 0 Å². The Morgan fingerprint density at radius 1 is 1.42 bits per heavy atom. The van der Waals surface area contributed by atoms with Crippen LogP contribution in [0.4, 0.5) is 0 Å². The van der Waals surface area contributed by atoms with Crippen LogP contribution >= 0.6 is 0 Å². The van der Waals surface area contributed by atoms with E-state index in [1.807, 2.05) is 32.0 Å². The maximum atomic E-state index is 11.9. The molecule has 2 N–H and O–H groups in total. The second kappa shape index (κ2) is 4.64. The van der Waals surface area contributed by atoms with Crippen molar-refractivity contribution in [1.29, 1.82) is 0 Å². The van der Waals surface area contributed by atoms with E-state index in [0.717, 1.165) is 5.69 Å². The third-order valence-electron chi connectivity index (χ3n) is 3.64. The Morgan fingerprint density at radius 3 is 2.58 bits per heavy atom. The van der Waals surface area contributed by atoms with Crippen molar-refractivity contribution in [2.75, 3.05) is 6.54 Å². The summed E-state index contributed by atoms with van der Waals surface area (Å²) in [6.07, 6.45) is 2.56. The van der Waals surface area contributed by atoms with E-state index in [-0.39, 0.29) is 11.3 Å². The molecule has 1 saturated carbocycles. The van der Waals surface area contributed by atoms with E-state index in [4.69, 9.17) is 5.11 Å². The Morgan fingerprint density at radius 2 is 2.11 bits per heavy atom. The summed E-state index contributed by atoms with van der Waals surface area (Å²) in [5.41, 5.74) is -0.637. The smallest absolute Gasteiger partial charge is 0.319 e. The molecule has 5 heteroatoms. The van der Waals surface area contributed by atoms with Crippen molar-refractivity contribution in [2.45, 2.75) is 32.1 Å². The van der Waals surface area contributed by atoms with Crippen molar-refractivity contribution in [2.24, 2.45) is 5.41 Å². The van der Waals surface area contributed by atoms with E-state index in [1.54, 1.807) is 6.20 Å². The van der Waals surface area contributed by atoms with Gasteiger partial charge >= 0.3 is 5.97 Å². The number of nitrogens with zero attached hydrogens (tertiary/aromatic N) is 1. The van der Waals surface area contributed by atoms with Crippen LogP contribution in [0.15, 0.2) is 24.4 Å². The number of hydrogen-bond acceptors (Lipinski definition) is 3. The van der Waals surface area contributed by atoms with Crippen molar-refractivity contribution in [3.8, 4) is 0 Å². The quantitative estimate of drug-likeness (QED) is 0.785. The van der Waals surface area contributed by atoms with Crippen LogP contribution in [0.1, 0.15) is 32.4 Å². The molecule has 1 fully saturated rings. The zero-order valence-corrected chi connectivity index (χ0v) is 11.1. The number of amides is 1. The number of rotatable bonds is 5. The lowest BCUT2D eigenvalue weighted by molar-refractivity contribution is -0.149. The number of hydrogen-bond donors (Lipinski definition) is 2. The Kier molecular flexibility index (Phi) is 3.30. The first-order valence-electron chi connectivity index (χ1n) is 6.32. The molecule has 1 amide bonds. The molecule has 1 heterocycles. The third-order valence-corrected chi connectivity index (χ3v) is 3.64. The summed E-state index contributed by atoms with van der Waals surface area (Å²) in [6, 6.07) is 5.63. The summed E-state index contributed by atoms with van der Waals surface area (Å²) in [5.74, 6) is -1.41. The third kappa shape index (κ3) is 2.59. The minimum atomic E-state index is -1.18. The number of carbonyl (C=O) groups is 2. The van der Waals surface area contributed by atoms with Gasteiger partial charge in [0, 0.05) is 23.9 Å². The van der Waals surface area contributed by atoms with E-state index in [0.29, 0.717) is 19.4 Å². The molecule has 102 valence electrons. The van der Waals surface area contributed by atoms with Crippen molar-refractivity contribution >= 4 is 11.9 Å². The van der Waals surface area contributed by atoms with Crippen molar-refractivity contribution in [3.05, 3.63) is 30.1 Å². The molecular weight excluding hydrogens is 244 g/mol. The molecule has 0 aliphatic heterocycles. The van der Waals surface area contributed by atoms with E-state index >= 15 is 0 Å². The van der Waals surface area contributed by atoms with E-state index < -0.39 is 11.4 Å². The number of pyridine rings is 1. The van der Waals surface area contributed by atoms with Gasteiger partial charge in [-0.05, 0) is 25.0 Å². The molecule has 0 unspecified atom stereocenters. The summed E-state index contributed by atoms with van der Waals surface area (Å²) < 4.78 is 0. The zero-order chi connectivity index (χ0) is 14.1. The Hall–Kier alpha value is -1.91. The van der Waals surface area contributed by atoms with Gasteiger partial charge in [0.25, 0.3) is 0 Å². The summed E-state index contributed by atoms with van der Waals surface area (Å²) in [6.45, 7) is 4.31. The molecular formula is C14H18N2O3. The van der Waals surface area contributed by atoms with Gasteiger partial charge in [-0.3, -0.25) is 14.6 Å². The Bertz CT molecular complexity index is 493. The van der Waals surface area contributed by atoms with E-state index in [1.165, 1.54) is 0 Å². The fourth-order valence-corrected chi connectivity index (χ4v) is 1.99. The first-order chi connectivity index (χ1) is 8.88. The van der Waals surface area contributed by atoms with Gasteiger partial charge in [-0.2, -0.15) is 0 Å². The van der Waals surface area contributed by atoms with Crippen LogP contribution in [0.3, 0.4) is 0 Å². The number of carbonyl (C=O) groups excluding carboxylic acids is 1. The fraction of sp³-hybridized carbons (Fsp3) is 0.500. The first kappa shape index (κ1) is 13.5. The number of aliphatic carboxylic acids is 1. The topological polar surface area (TPSA) is 79.3 Å². The van der Waals surface area contributed by atoms with Gasteiger partial charge in [0.1, 0.15) is 5.41 Å². The summed E-state index contributed by atoms with van der Waals surface area (Å²) in [5, 5.41) is 11.8. The van der Waals surface area contributed by atoms with Crippen molar-refractivity contribution in [1.82, 2.24) is 10.3 Å². The largest absolute Gasteiger partial charge is 0.480 e. The van der Waals surface area contributed by atoms with Gasteiger partial charge < -0.3 is 10.4 Å². The highest BCUT2D eigenvalue weighted by molar-refractivity contribution is 6.04. The van der Waals surface area contributed by atoms with E-state index in [2.05, 4.69) is 10.3 Å². The van der Waals surface area contributed by atoms with Crippen LogP contribution < -0.4 is 5.32 Å². The second-order valence-electron chi connectivity index (χ2n) is 5.67. The number of carboxylic acids is 1. The zero-order valence-electron chi connectivity index (χ0n) is 11.1. The lowest BCUT2D eigenvalue weighted by Crippen LogP contribution is -2.43. The van der Waals surface area contributed by atoms with Crippen molar-refractivity contribution in [3.63, 3.8) is 0 Å². The van der Waals surface area contributed by atoms with Crippen LogP contribution in [0.25, 0.3) is 0 Å². The average molecular weight is 262 g/mol. The molecule has 0 spiro atoms. The van der Waals surface area contributed by atoms with Gasteiger partial charge in [0.15, 0.2) is 0 Å². The maximum Gasteiger partial charge on any atom is 0.319 e. The molecule has 1 aliphatic carbocycles. The number of nitrogens with one attached hydrogen (secondary N) is 1. The second-order valence-corrected chi connectivity index (χ2v) is 5.67. The molecule has 0 atom stereocenters. The van der Waals surface area contributed by atoms with Crippen molar-refractivity contribution < 1.29 is 14.7 Å². The maximum absolute atomic E-state index is 11.9. The number of aromatic nitrogens is 1. The predicted molar refractivity (Wildman–Crippen MR) is 69.6 cm³/mol. The minimum absolute atomic E-state index is 0.328. The normalized spacial score (nSPS) is 16.7. The minimum Gasteiger partial charge on any atom is -0.480 e. The fourth-order valence-electron chi connectivity index (χ4n) is 1.99. The predicted octanol–water partition coefficient (Wildman–Crippen LogP) is 1.34. The van der Waals surface area contributed by atoms with Gasteiger partial charge in [-0.25, -0.2) is 0 Å². The molecule has 1 aromatic heterocycles. The lowest BCUT2D eigenvalue weighted by Gasteiger charge is -2.25. The van der Waals surface area contributed by atoms with Gasteiger partial charge in [0.05, 0.1) is 0 Å². The van der Waals surface area contributed by atoms with Crippen LogP contribution in [-0.2, 0) is 15.0 Å². The molecule has 0 saturated heterocycles. The molecule has 1 aromatic rings. The monoisotopic (exact) mass is 262 g/mol. The van der Waals surface area contributed by atoms with Crippen LogP contribution in [0, 0.1) is 5.41 Å². The summed E-state index contributed by atoms with van der Waals surface area (Å²) in [4.78, 5) is 27.3. The highest BCUT2D eigenvalue weighted by Crippen LogP contribution is 2.46. The number of carboxylic acid groups (broad SMARTS) is 1. The molecule has 0 bridgehead atoms. The van der Waals surface area contributed by atoms with Crippen LogP contribution in [-0.4, -0.2) is 28.5 Å². The van der Waals surface area contributed by atoms with Crippen LogP contribution in [0.5, 0.6) is 0 Å².